The van der Waals surface area contributed by atoms with Crippen LogP contribution in [0.1, 0.15) is 42.0 Å². The second-order valence-electron chi connectivity index (χ2n) is 8.82. The first-order valence-electron chi connectivity index (χ1n) is 11.6. The van der Waals surface area contributed by atoms with E-state index in [9.17, 15) is 4.79 Å². The molecule has 0 aromatic heterocycles. The number of nitrogens with zero attached hydrogens (tertiary/aromatic N) is 1. The zero-order valence-corrected chi connectivity index (χ0v) is 18.9. The molecule has 2 unspecified atom stereocenters. The van der Waals surface area contributed by atoms with E-state index in [0.29, 0.717) is 12.5 Å². The minimum Gasteiger partial charge on any atom is -0.465 e. The SMILES string of the molecule is CC(c1ccc2c(c1)OCO2)N1CCC(COC(=O)C(c2ccccc2)c2ccccc2)C1. The zero-order chi connectivity index (χ0) is 22.6. The molecule has 0 amide bonds. The maximum atomic E-state index is 13.2. The Bertz CT molecular complexity index is 1050. The van der Waals surface area contributed by atoms with Crippen molar-refractivity contribution >= 4 is 5.97 Å². The maximum Gasteiger partial charge on any atom is 0.317 e. The lowest BCUT2D eigenvalue weighted by Gasteiger charge is -2.25. The summed E-state index contributed by atoms with van der Waals surface area (Å²) >= 11 is 0. The fourth-order valence-electron chi connectivity index (χ4n) is 4.77. The molecule has 2 atom stereocenters. The molecule has 2 heterocycles. The summed E-state index contributed by atoms with van der Waals surface area (Å²) < 4.78 is 16.9. The van der Waals surface area contributed by atoms with Crippen molar-refractivity contribution in [1.29, 1.82) is 0 Å². The van der Waals surface area contributed by atoms with Gasteiger partial charge in [0.05, 0.1) is 6.61 Å². The third-order valence-electron chi connectivity index (χ3n) is 6.71. The summed E-state index contributed by atoms with van der Waals surface area (Å²) in [6.07, 6.45) is 1.02. The van der Waals surface area contributed by atoms with Crippen molar-refractivity contribution in [3.8, 4) is 11.5 Å². The molecule has 0 radical (unpaired) electrons. The van der Waals surface area contributed by atoms with E-state index in [2.05, 4.69) is 24.0 Å². The van der Waals surface area contributed by atoms with Gasteiger partial charge < -0.3 is 14.2 Å². The van der Waals surface area contributed by atoms with Crippen molar-refractivity contribution in [2.45, 2.75) is 25.3 Å². The number of rotatable bonds is 7. The molecule has 170 valence electrons. The lowest BCUT2D eigenvalue weighted by Crippen LogP contribution is -2.26. The van der Waals surface area contributed by atoms with Gasteiger partial charge in [-0.2, -0.15) is 0 Å². The number of fused-ring (bicyclic) bond motifs is 1. The van der Waals surface area contributed by atoms with Gasteiger partial charge >= 0.3 is 5.97 Å². The van der Waals surface area contributed by atoms with Gasteiger partial charge in [0.1, 0.15) is 5.92 Å². The fraction of sp³-hybridized carbons (Fsp3) is 0.321. The average molecular weight is 444 g/mol. The third kappa shape index (κ3) is 4.74. The molecule has 1 fully saturated rings. The molecule has 0 N–H and O–H groups in total. The van der Waals surface area contributed by atoms with E-state index in [1.807, 2.05) is 66.7 Å². The van der Waals surface area contributed by atoms with E-state index in [1.54, 1.807) is 0 Å². The first-order valence-corrected chi connectivity index (χ1v) is 11.6. The first-order chi connectivity index (χ1) is 16.2. The molecule has 2 aliphatic heterocycles. The normalized spacial score (nSPS) is 18.4. The number of hydrogen-bond acceptors (Lipinski definition) is 5. The first kappa shape index (κ1) is 21.5. The van der Waals surface area contributed by atoms with E-state index in [0.717, 1.165) is 42.1 Å². The highest BCUT2D eigenvalue weighted by Gasteiger charge is 2.30. The van der Waals surface area contributed by atoms with Crippen molar-refractivity contribution in [3.63, 3.8) is 0 Å². The summed E-state index contributed by atoms with van der Waals surface area (Å²) in [5.41, 5.74) is 3.13. The Hall–Kier alpha value is -3.31. The van der Waals surface area contributed by atoms with Crippen LogP contribution in [0.3, 0.4) is 0 Å². The second-order valence-corrected chi connectivity index (χ2v) is 8.82. The Balaban J connectivity index is 1.21. The standard InChI is InChI=1S/C28H29NO4/c1-20(24-12-13-25-26(16-24)33-19-32-25)29-15-14-21(17-29)18-31-28(30)27(22-8-4-2-5-9-22)23-10-6-3-7-11-23/h2-13,16,20-21,27H,14-15,17-19H2,1H3. The summed E-state index contributed by atoms with van der Waals surface area (Å²) in [6.45, 7) is 4.84. The smallest absolute Gasteiger partial charge is 0.317 e. The van der Waals surface area contributed by atoms with E-state index >= 15 is 0 Å². The van der Waals surface area contributed by atoms with Crippen LogP contribution in [0.25, 0.3) is 0 Å². The highest BCUT2D eigenvalue weighted by molar-refractivity contribution is 5.82. The molecule has 2 aliphatic rings. The predicted octanol–water partition coefficient (Wildman–Crippen LogP) is 5.17. The van der Waals surface area contributed by atoms with Crippen molar-refractivity contribution in [1.82, 2.24) is 4.90 Å². The Morgan fingerprint density at radius 2 is 1.61 bits per heavy atom. The second kappa shape index (κ2) is 9.67. The topological polar surface area (TPSA) is 48.0 Å². The molecule has 3 aromatic rings. The number of hydrogen-bond donors (Lipinski definition) is 0. The van der Waals surface area contributed by atoms with Crippen molar-refractivity contribution in [2.24, 2.45) is 5.92 Å². The van der Waals surface area contributed by atoms with Crippen LogP contribution in [-0.4, -0.2) is 37.4 Å². The quantitative estimate of drug-likeness (QED) is 0.471. The summed E-state index contributed by atoms with van der Waals surface area (Å²) in [6, 6.07) is 26.2. The van der Waals surface area contributed by atoms with Crippen molar-refractivity contribution in [3.05, 3.63) is 95.6 Å². The molecule has 0 aliphatic carbocycles. The van der Waals surface area contributed by atoms with Crippen molar-refractivity contribution < 1.29 is 19.0 Å². The van der Waals surface area contributed by atoms with Crippen LogP contribution >= 0.6 is 0 Å². The third-order valence-corrected chi connectivity index (χ3v) is 6.71. The Labute approximate surface area is 194 Å². The average Bonchev–Trinajstić information content (AvgIpc) is 3.53. The predicted molar refractivity (Wildman–Crippen MR) is 126 cm³/mol. The van der Waals surface area contributed by atoms with Crippen LogP contribution in [-0.2, 0) is 9.53 Å². The van der Waals surface area contributed by atoms with Crippen molar-refractivity contribution in [2.75, 3.05) is 26.5 Å². The maximum absolute atomic E-state index is 13.2. The molecular weight excluding hydrogens is 414 g/mol. The Morgan fingerprint density at radius 3 is 2.30 bits per heavy atom. The number of esters is 1. The minimum atomic E-state index is -0.405. The van der Waals surface area contributed by atoms with E-state index in [1.165, 1.54) is 5.56 Å². The molecule has 5 rings (SSSR count). The Morgan fingerprint density at radius 1 is 0.939 bits per heavy atom. The molecule has 0 bridgehead atoms. The largest absolute Gasteiger partial charge is 0.465 e. The molecule has 5 nitrogen and oxygen atoms in total. The number of carbonyl (C=O) groups excluding carboxylic acids is 1. The summed E-state index contributed by atoms with van der Waals surface area (Å²) in [5, 5.41) is 0. The summed E-state index contributed by atoms with van der Waals surface area (Å²) in [4.78, 5) is 15.6. The molecular formula is C28H29NO4. The van der Waals surface area contributed by atoms with Crippen LogP contribution in [0, 0.1) is 5.92 Å². The van der Waals surface area contributed by atoms with Gasteiger partial charge in [-0.05, 0) is 48.7 Å². The van der Waals surface area contributed by atoms with Crippen LogP contribution in [0.15, 0.2) is 78.9 Å². The summed E-state index contributed by atoms with van der Waals surface area (Å²) in [5.74, 6) is 1.37. The van der Waals surface area contributed by atoms with Gasteiger partial charge in [-0.25, -0.2) is 0 Å². The number of carbonyl (C=O) groups is 1. The molecule has 5 heteroatoms. The van der Waals surface area contributed by atoms with Gasteiger partial charge in [0, 0.05) is 18.5 Å². The lowest BCUT2D eigenvalue weighted by molar-refractivity contribution is -0.145. The number of likely N-dealkylation sites (tertiary alicyclic amines) is 1. The number of benzene rings is 3. The monoisotopic (exact) mass is 443 g/mol. The lowest BCUT2D eigenvalue weighted by atomic mass is 9.91. The van der Waals surface area contributed by atoms with Crippen LogP contribution < -0.4 is 9.47 Å². The van der Waals surface area contributed by atoms with Crippen LogP contribution in [0.2, 0.25) is 0 Å². The van der Waals surface area contributed by atoms with Gasteiger partial charge in [0.25, 0.3) is 0 Å². The molecule has 1 saturated heterocycles. The van der Waals surface area contributed by atoms with Gasteiger partial charge in [-0.3, -0.25) is 9.69 Å². The van der Waals surface area contributed by atoms with Crippen LogP contribution in [0.4, 0.5) is 0 Å². The van der Waals surface area contributed by atoms with E-state index in [-0.39, 0.29) is 18.8 Å². The van der Waals surface area contributed by atoms with Gasteiger partial charge in [-0.15, -0.1) is 0 Å². The minimum absolute atomic E-state index is 0.185. The Kier molecular flexibility index (Phi) is 6.31. The fourth-order valence-corrected chi connectivity index (χ4v) is 4.77. The highest BCUT2D eigenvalue weighted by Crippen LogP contribution is 2.36. The van der Waals surface area contributed by atoms with Crippen LogP contribution in [0.5, 0.6) is 11.5 Å². The highest BCUT2D eigenvalue weighted by atomic mass is 16.7. The van der Waals surface area contributed by atoms with Gasteiger partial charge in [-0.1, -0.05) is 66.7 Å². The van der Waals surface area contributed by atoms with E-state index < -0.39 is 5.92 Å². The molecule has 0 saturated carbocycles. The molecule has 33 heavy (non-hydrogen) atoms. The molecule has 0 spiro atoms. The van der Waals surface area contributed by atoms with Gasteiger partial charge in [0.2, 0.25) is 6.79 Å². The number of ether oxygens (including phenoxy) is 3. The van der Waals surface area contributed by atoms with E-state index in [4.69, 9.17) is 14.2 Å². The van der Waals surface area contributed by atoms with Gasteiger partial charge in [0.15, 0.2) is 11.5 Å². The zero-order valence-electron chi connectivity index (χ0n) is 18.9. The molecule has 3 aromatic carbocycles. The summed E-state index contributed by atoms with van der Waals surface area (Å²) in [7, 11) is 0.